The summed E-state index contributed by atoms with van der Waals surface area (Å²) in [6.45, 7) is 5.32. The first-order chi connectivity index (χ1) is 7.42. The van der Waals surface area contributed by atoms with E-state index in [-0.39, 0.29) is 5.54 Å². The Bertz CT molecular complexity index is 418. The summed E-state index contributed by atoms with van der Waals surface area (Å²) in [6.07, 6.45) is 2.27. The second kappa shape index (κ2) is 4.25. The average molecular weight is 280 g/mol. The van der Waals surface area contributed by atoms with Gasteiger partial charge in [0, 0.05) is 12.1 Å². The molecule has 0 aromatic carbocycles. The molecule has 1 aliphatic rings. The van der Waals surface area contributed by atoms with Crippen LogP contribution in [0.2, 0.25) is 15.2 Å². The van der Waals surface area contributed by atoms with Gasteiger partial charge in [-0.25, -0.2) is 4.98 Å². The molecular formula is C11H13Cl3N2. The number of nitrogens with zero attached hydrogens (tertiary/aromatic N) is 2. The Balaban J connectivity index is 2.44. The smallest absolute Gasteiger partial charge is 0.150 e. The molecule has 5 heteroatoms. The van der Waals surface area contributed by atoms with Gasteiger partial charge < -0.3 is 4.90 Å². The molecule has 0 spiro atoms. The summed E-state index contributed by atoms with van der Waals surface area (Å²) in [4.78, 5) is 6.47. The van der Waals surface area contributed by atoms with Gasteiger partial charge in [-0.1, -0.05) is 34.8 Å². The highest BCUT2D eigenvalue weighted by Crippen LogP contribution is 2.38. The third-order valence-electron chi connectivity index (χ3n) is 3.02. The molecule has 0 aliphatic carbocycles. The Labute approximate surface area is 111 Å². The van der Waals surface area contributed by atoms with Gasteiger partial charge in [0.05, 0.1) is 10.0 Å². The second-order valence-corrected chi connectivity index (χ2v) is 5.81. The summed E-state index contributed by atoms with van der Waals surface area (Å²) in [6, 6.07) is 1.65. The fourth-order valence-electron chi connectivity index (χ4n) is 2.12. The highest BCUT2D eigenvalue weighted by Gasteiger charge is 2.34. The lowest BCUT2D eigenvalue weighted by molar-refractivity contribution is 0.514. The van der Waals surface area contributed by atoms with Crippen LogP contribution in [0.15, 0.2) is 6.07 Å². The van der Waals surface area contributed by atoms with Crippen LogP contribution in [-0.2, 0) is 0 Å². The maximum atomic E-state index is 6.16. The number of pyridine rings is 1. The van der Waals surface area contributed by atoms with Gasteiger partial charge in [0.1, 0.15) is 11.0 Å². The van der Waals surface area contributed by atoms with E-state index in [9.17, 15) is 0 Å². The summed E-state index contributed by atoms with van der Waals surface area (Å²) in [5, 5.41) is 1.26. The molecule has 0 N–H and O–H groups in total. The SMILES string of the molecule is CC1(C)CCCN1c1nc(Cl)c(Cl)cc1Cl. The van der Waals surface area contributed by atoms with Crippen molar-refractivity contribution < 1.29 is 0 Å². The average Bonchev–Trinajstić information content (AvgIpc) is 2.52. The van der Waals surface area contributed by atoms with Gasteiger partial charge in [-0.05, 0) is 32.8 Å². The van der Waals surface area contributed by atoms with E-state index in [1.54, 1.807) is 6.07 Å². The topological polar surface area (TPSA) is 16.1 Å². The molecule has 2 nitrogen and oxygen atoms in total. The van der Waals surface area contributed by atoms with E-state index in [2.05, 4.69) is 23.7 Å². The van der Waals surface area contributed by atoms with Crippen LogP contribution in [0.25, 0.3) is 0 Å². The third-order valence-corrected chi connectivity index (χ3v) is 3.98. The molecule has 1 aliphatic heterocycles. The molecule has 0 unspecified atom stereocenters. The van der Waals surface area contributed by atoms with Gasteiger partial charge in [0.15, 0.2) is 0 Å². The summed E-state index contributed by atoms with van der Waals surface area (Å²) >= 11 is 18.0. The van der Waals surface area contributed by atoms with Crippen molar-refractivity contribution >= 4 is 40.6 Å². The first-order valence-corrected chi connectivity index (χ1v) is 6.34. The van der Waals surface area contributed by atoms with Crippen LogP contribution in [0.1, 0.15) is 26.7 Å². The normalized spacial score (nSPS) is 19.2. The molecule has 0 radical (unpaired) electrons. The van der Waals surface area contributed by atoms with Crippen LogP contribution in [0.3, 0.4) is 0 Å². The summed E-state index contributed by atoms with van der Waals surface area (Å²) in [5.74, 6) is 0.735. The molecule has 1 saturated heterocycles. The first kappa shape index (κ1) is 12.3. The fraction of sp³-hybridized carbons (Fsp3) is 0.545. The molecule has 16 heavy (non-hydrogen) atoms. The molecule has 0 amide bonds. The molecule has 1 fully saturated rings. The van der Waals surface area contributed by atoms with Gasteiger partial charge in [0.2, 0.25) is 0 Å². The van der Waals surface area contributed by atoms with Crippen molar-refractivity contribution in [3.63, 3.8) is 0 Å². The Hall–Kier alpha value is -0.180. The van der Waals surface area contributed by atoms with Gasteiger partial charge in [0.25, 0.3) is 0 Å². The zero-order valence-electron chi connectivity index (χ0n) is 9.23. The Morgan fingerprint density at radius 1 is 1.25 bits per heavy atom. The van der Waals surface area contributed by atoms with E-state index < -0.39 is 0 Å². The minimum atomic E-state index is 0.0772. The van der Waals surface area contributed by atoms with Gasteiger partial charge in [-0.3, -0.25) is 0 Å². The van der Waals surface area contributed by atoms with Crippen LogP contribution >= 0.6 is 34.8 Å². The Morgan fingerprint density at radius 3 is 2.50 bits per heavy atom. The zero-order valence-corrected chi connectivity index (χ0v) is 11.5. The number of anilines is 1. The van der Waals surface area contributed by atoms with Gasteiger partial charge in [-0.2, -0.15) is 0 Å². The molecular weight excluding hydrogens is 266 g/mol. The minimum Gasteiger partial charge on any atom is -0.350 e. The fourth-order valence-corrected chi connectivity index (χ4v) is 2.72. The van der Waals surface area contributed by atoms with E-state index in [1.165, 1.54) is 0 Å². The summed E-state index contributed by atoms with van der Waals surface area (Å²) in [5.41, 5.74) is 0.0772. The van der Waals surface area contributed by atoms with Gasteiger partial charge >= 0.3 is 0 Å². The number of hydrogen-bond donors (Lipinski definition) is 0. The molecule has 1 aromatic rings. The van der Waals surface area contributed by atoms with E-state index in [0.29, 0.717) is 15.2 Å². The molecule has 2 heterocycles. The monoisotopic (exact) mass is 278 g/mol. The standard InChI is InChI=1S/C11H13Cl3N2/c1-11(2)4-3-5-16(11)10-8(13)6-7(12)9(14)15-10/h6H,3-5H2,1-2H3. The molecule has 2 rings (SSSR count). The third kappa shape index (κ3) is 2.11. The lowest BCUT2D eigenvalue weighted by atomic mass is 10.0. The lowest BCUT2D eigenvalue weighted by Gasteiger charge is -2.33. The zero-order chi connectivity index (χ0) is 11.9. The van der Waals surface area contributed by atoms with Crippen molar-refractivity contribution in [2.75, 3.05) is 11.4 Å². The first-order valence-electron chi connectivity index (χ1n) is 5.21. The highest BCUT2D eigenvalue weighted by atomic mass is 35.5. The number of hydrogen-bond acceptors (Lipinski definition) is 2. The van der Waals surface area contributed by atoms with Crippen LogP contribution < -0.4 is 4.90 Å². The molecule has 0 atom stereocenters. The quantitative estimate of drug-likeness (QED) is 0.707. The van der Waals surface area contributed by atoms with Crippen LogP contribution in [0, 0.1) is 0 Å². The van der Waals surface area contributed by atoms with Crippen molar-refractivity contribution in [3.8, 4) is 0 Å². The molecule has 88 valence electrons. The maximum Gasteiger partial charge on any atom is 0.150 e. The summed E-state index contributed by atoms with van der Waals surface area (Å²) in [7, 11) is 0. The van der Waals surface area contributed by atoms with Gasteiger partial charge in [-0.15, -0.1) is 0 Å². The predicted octanol–water partition coefficient (Wildman–Crippen LogP) is 4.42. The largest absolute Gasteiger partial charge is 0.350 e. The van der Waals surface area contributed by atoms with E-state index in [4.69, 9.17) is 34.8 Å². The van der Waals surface area contributed by atoms with Crippen molar-refractivity contribution in [3.05, 3.63) is 21.3 Å². The van der Waals surface area contributed by atoms with Crippen molar-refractivity contribution in [1.29, 1.82) is 0 Å². The lowest BCUT2D eigenvalue weighted by Crippen LogP contribution is -2.38. The van der Waals surface area contributed by atoms with Crippen LogP contribution in [-0.4, -0.2) is 17.1 Å². The minimum absolute atomic E-state index is 0.0772. The predicted molar refractivity (Wildman–Crippen MR) is 69.9 cm³/mol. The van der Waals surface area contributed by atoms with Crippen molar-refractivity contribution in [2.45, 2.75) is 32.2 Å². The molecule has 0 bridgehead atoms. The number of rotatable bonds is 1. The van der Waals surface area contributed by atoms with Crippen LogP contribution in [0.5, 0.6) is 0 Å². The highest BCUT2D eigenvalue weighted by molar-refractivity contribution is 6.42. The van der Waals surface area contributed by atoms with E-state index in [1.807, 2.05) is 0 Å². The summed E-state index contributed by atoms with van der Waals surface area (Å²) < 4.78 is 0. The second-order valence-electron chi connectivity index (χ2n) is 4.63. The number of halogens is 3. The van der Waals surface area contributed by atoms with E-state index in [0.717, 1.165) is 25.2 Å². The van der Waals surface area contributed by atoms with Crippen LogP contribution in [0.4, 0.5) is 5.82 Å². The Morgan fingerprint density at radius 2 is 1.94 bits per heavy atom. The Kier molecular flexibility index (Phi) is 3.26. The number of aromatic nitrogens is 1. The van der Waals surface area contributed by atoms with E-state index >= 15 is 0 Å². The molecule has 0 saturated carbocycles. The van der Waals surface area contributed by atoms with Crippen molar-refractivity contribution in [1.82, 2.24) is 4.98 Å². The maximum absolute atomic E-state index is 6.16. The molecule has 1 aromatic heterocycles. The van der Waals surface area contributed by atoms with Crippen molar-refractivity contribution in [2.24, 2.45) is 0 Å².